The van der Waals surface area contributed by atoms with Gasteiger partial charge in [0, 0.05) is 11.9 Å². The summed E-state index contributed by atoms with van der Waals surface area (Å²) in [6.07, 6.45) is 1.06. The largest absolute Gasteiger partial charge is 0.399 e. The van der Waals surface area contributed by atoms with Crippen LogP contribution in [0.5, 0.6) is 0 Å². The van der Waals surface area contributed by atoms with Crippen LogP contribution in [0.4, 0.5) is 5.69 Å². The molecule has 106 valence electrons. The minimum atomic E-state index is -3.47. The molecule has 1 aromatic carbocycles. The van der Waals surface area contributed by atoms with Crippen molar-refractivity contribution in [2.45, 2.75) is 31.6 Å². The summed E-state index contributed by atoms with van der Waals surface area (Å²) in [6.45, 7) is 4.59. The van der Waals surface area contributed by atoms with E-state index in [0.717, 1.165) is 11.8 Å². The van der Waals surface area contributed by atoms with Gasteiger partial charge >= 0.3 is 0 Å². The number of hydrogen-bond acceptors (Lipinski definition) is 4. The maximum atomic E-state index is 12.0. The lowest BCUT2D eigenvalue weighted by Gasteiger charge is -2.24. The summed E-state index contributed by atoms with van der Waals surface area (Å²) >= 11 is 0. The topological polar surface area (TPSA) is 89.3 Å². The van der Waals surface area contributed by atoms with E-state index >= 15 is 0 Å². The predicted octanol–water partition coefficient (Wildman–Crippen LogP) is 1.27. The van der Waals surface area contributed by atoms with Crippen molar-refractivity contribution in [1.82, 2.24) is 5.32 Å². The molecular formula is C13H20N2O3S. The lowest BCUT2D eigenvalue weighted by molar-refractivity contribution is -0.123. The zero-order valence-corrected chi connectivity index (χ0v) is 12.4. The first-order valence-corrected chi connectivity index (χ1v) is 7.81. The molecule has 6 heteroatoms. The van der Waals surface area contributed by atoms with Gasteiger partial charge in [0.05, 0.1) is 6.04 Å². The van der Waals surface area contributed by atoms with Crippen molar-refractivity contribution in [3.63, 3.8) is 0 Å². The smallest absolute Gasteiger partial charge is 0.241 e. The van der Waals surface area contributed by atoms with Crippen molar-refractivity contribution in [2.75, 3.05) is 12.0 Å². The summed E-state index contributed by atoms with van der Waals surface area (Å²) in [7, 11) is -3.47. The standard InChI is InChI=1S/C13H20N2O3S/c1-9(10-5-7-11(14)8-6-10)15-12(16)13(2,3)19(4,17)18/h5-9H,14H2,1-4H3,(H,15,16). The molecule has 0 aliphatic heterocycles. The summed E-state index contributed by atoms with van der Waals surface area (Å²) in [6, 6.07) is 6.79. The molecule has 3 N–H and O–H groups in total. The highest BCUT2D eigenvalue weighted by Crippen LogP contribution is 2.19. The Morgan fingerprint density at radius 2 is 1.74 bits per heavy atom. The normalized spacial score (nSPS) is 13.9. The van der Waals surface area contributed by atoms with Crippen LogP contribution >= 0.6 is 0 Å². The minimum Gasteiger partial charge on any atom is -0.399 e. The van der Waals surface area contributed by atoms with Crippen LogP contribution in [0.3, 0.4) is 0 Å². The molecule has 19 heavy (non-hydrogen) atoms. The van der Waals surface area contributed by atoms with E-state index in [0.29, 0.717) is 5.69 Å². The van der Waals surface area contributed by atoms with Crippen LogP contribution < -0.4 is 11.1 Å². The maximum Gasteiger partial charge on any atom is 0.241 e. The van der Waals surface area contributed by atoms with Crippen LogP contribution in [0.2, 0.25) is 0 Å². The molecule has 1 rings (SSSR count). The number of hydrogen-bond donors (Lipinski definition) is 2. The van der Waals surface area contributed by atoms with Crippen LogP contribution in [-0.2, 0) is 14.6 Å². The first-order valence-electron chi connectivity index (χ1n) is 5.91. The molecule has 1 atom stereocenters. The van der Waals surface area contributed by atoms with Crippen molar-refractivity contribution in [3.05, 3.63) is 29.8 Å². The Kier molecular flexibility index (Phi) is 4.25. The molecule has 0 saturated heterocycles. The van der Waals surface area contributed by atoms with E-state index in [2.05, 4.69) is 5.32 Å². The Morgan fingerprint density at radius 3 is 2.16 bits per heavy atom. The van der Waals surface area contributed by atoms with Crippen LogP contribution in [0.25, 0.3) is 0 Å². The molecule has 0 heterocycles. The van der Waals surface area contributed by atoms with Crippen molar-refractivity contribution in [3.8, 4) is 0 Å². The summed E-state index contributed by atoms with van der Waals surface area (Å²) in [5.74, 6) is -0.515. The second kappa shape index (κ2) is 5.21. The maximum absolute atomic E-state index is 12.0. The fourth-order valence-electron chi connectivity index (χ4n) is 1.41. The monoisotopic (exact) mass is 284 g/mol. The number of carbonyl (C=O) groups is 1. The average molecular weight is 284 g/mol. The zero-order chi connectivity index (χ0) is 14.8. The molecule has 1 unspecified atom stereocenters. The molecule has 0 saturated carbocycles. The molecule has 0 aliphatic rings. The number of nitrogens with one attached hydrogen (secondary N) is 1. The minimum absolute atomic E-state index is 0.283. The Bertz CT molecular complexity index is 562. The molecule has 0 aliphatic carbocycles. The molecule has 0 radical (unpaired) electrons. The van der Waals surface area contributed by atoms with Gasteiger partial charge in [-0.05, 0) is 38.5 Å². The van der Waals surface area contributed by atoms with Gasteiger partial charge in [-0.2, -0.15) is 0 Å². The number of anilines is 1. The molecule has 0 spiro atoms. The van der Waals surface area contributed by atoms with Crippen molar-refractivity contribution in [2.24, 2.45) is 0 Å². The van der Waals surface area contributed by atoms with Crippen LogP contribution in [0.15, 0.2) is 24.3 Å². The number of benzene rings is 1. The number of rotatable bonds is 4. The second-order valence-corrected chi connectivity index (χ2v) is 7.71. The molecule has 1 amide bonds. The van der Waals surface area contributed by atoms with Crippen LogP contribution in [0.1, 0.15) is 32.4 Å². The fraction of sp³-hybridized carbons (Fsp3) is 0.462. The number of nitrogen functional groups attached to an aromatic ring is 1. The van der Waals surface area contributed by atoms with E-state index in [-0.39, 0.29) is 6.04 Å². The Balaban J connectivity index is 2.86. The molecule has 0 bridgehead atoms. The highest BCUT2D eigenvalue weighted by Gasteiger charge is 2.38. The van der Waals surface area contributed by atoms with Gasteiger partial charge in [-0.3, -0.25) is 4.79 Å². The van der Waals surface area contributed by atoms with Gasteiger partial charge in [0.25, 0.3) is 0 Å². The average Bonchev–Trinajstić information content (AvgIpc) is 2.28. The summed E-state index contributed by atoms with van der Waals surface area (Å²) in [4.78, 5) is 12.0. The van der Waals surface area contributed by atoms with Gasteiger partial charge in [0.1, 0.15) is 4.75 Å². The number of carbonyl (C=O) groups excluding carboxylic acids is 1. The van der Waals surface area contributed by atoms with Gasteiger partial charge in [-0.15, -0.1) is 0 Å². The highest BCUT2D eigenvalue weighted by atomic mass is 32.2. The Labute approximate surface area is 114 Å². The third kappa shape index (κ3) is 3.47. The third-order valence-electron chi connectivity index (χ3n) is 3.26. The number of sulfone groups is 1. The fourth-order valence-corrected chi connectivity index (χ4v) is 1.80. The summed E-state index contributed by atoms with van der Waals surface area (Å²) in [5.41, 5.74) is 7.09. The summed E-state index contributed by atoms with van der Waals surface area (Å²) < 4.78 is 21.7. The molecular weight excluding hydrogens is 264 g/mol. The van der Waals surface area contributed by atoms with E-state index in [1.165, 1.54) is 13.8 Å². The molecule has 0 fully saturated rings. The first-order chi connectivity index (χ1) is 8.55. The van der Waals surface area contributed by atoms with Crippen molar-refractivity contribution in [1.29, 1.82) is 0 Å². The highest BCUT2D eigenvalue weighted by molar-refractivity contribution is 7.92. The lowest BCUT2D eigenvalue weighted by atomic mass is 10.1. The quantitative estimate of drug-likeness (QED) is 0.815. The van der Waals surface area contributed by atoms with Gasteiger partial charge < -0.3 is 11.1 Å². The van der Waals surface area contributed by atoms with E-state index in [1.807, 2.05) is 0 Å². The van der Waals surface area contributed by atoms with E-state index < -0.39 is 20.5 Å². The van der Waals surface area contributed by atoms with E-state index in [9.17, 15) is 13.2 Å². The lowest BCUT2D eigenvalue weighted by Crippen LogP contribution is -2.48. The van der Waals surface area contributed by atoms with E-state index in [4.69, 9.17) is 5.73 Å². The third-order valence-corrected chi connectivity index (χ3v) is 5.30. The number of nitrogens with two attached hydrogens (primary N) is 1. The SMILES string of the molecule is CC(NC(=O)C(C)(C)S(C)(=O)=O)c1ccc(N)cc1. The van der Waals surface area contributed by atoms with Crippen LogP contribution in [-0.4, -0.2) is 25.3 Å². The summed E-state index contributed by atoms with van der Waals surface area (Å²) in [5, 5.41) is 2.70. The number of amides is 1. The van der Waals surface area contributed by atoms with Crippen molar-refractivity contribution >= 4 is 21.4 Å². The Hall–Kier alpha value is -1.56. The second-order valence-electron chi connectivity index (χ2n) is 5.14. The first kappa shape index (κ1) is 15.5. The van der Waals surface area contributed by atoms with Crippen LogP contribution in [0, 0.1) is 0 Å². The molecule has 5 nitrogen and oxygen atoms in total. The van der Waals surface area contributed by atoms with Gasteiger partial charge in [0.2, 0.25) is 5.91 Å². The van der Waals surface area contributed by atoms with Gasteiger partial charge in [-0.1, -0.05) is 12.1 Å². The van der Waals surface area contributed by atoms with E-state index in [1.54, 1.807) is 31.2 Å². The van der Waals surface area contributed by atoms with Crippen molar-refractivity contribution < 1.29 is 13.2 Å². The van der Waals surface area contributed by atoms with Gasteiger partial charge in [-0.25, -0.2) is 8.42 Å². The van der Waals surface area contributed by atoms with Gasteiger partial charge in [0.15, 0.2) is 9.84 Å². The molecule has 1 aromatic rings. The Morgan fingerprint density at radius 1 is 1.26 bits per heavy atom. The predicted molar refractivity (Wildman–Crippen MR) is 76.3 cm³/mol. The molecule has 0 aromatic heterocycles. The zero-order valence-electron chi connectivity index (χ0n) is 11.6.